The van der Waals surface area contributed by atoms with E-state index in [1.165, 1.54) is 24.3 Å². The van der Waals surface area contributed by atoms with E-state index in [4.69, 9.17) is 20.9 Å². The van der Waals surface area contributed by atoms with Gasteiger partial charge in [-0.05, 0) is 0 Å². The molecule has 23 heteroatoms. The van der Waals surface area contributed by atoms with Crippen molar-refractivity contribution in [2.45, 2.75) is 71.4 Å². The van der Waals surface area contributed by atoms with Crippen molar-refractivity contribution in [3.05, 3.63) is 181 Å². The standard InChI is InChI=1S/C46H50Ge2N2O11P2S2.4H2O/c1-35-25-29-43(30-26-35)64(53,54)49-45(62(51,57-39-17-9-5-10-18-39)58-40-19-11-6-12-20-40)33-37(3)47-61-48-38(4)34-46(50-65(55,56)44-31-27-36(2)28-32-44)63(52,59-41-21-13-7-14-22-41)60-42-23-15-8-16-24-42;;;;/h5-32,37-38,45-46,49-50H,33-34H2,1-4H3;4*1H2. The van der Waals surface area contributed by atoms with Crippen LogP contribution in [0.25, 0.3) is 0 Å². The number of rotatable bonds is 24. The molecule has 0 bridgehead atoms. The van der Waals surface area contributed by atoms with E-state index in [9.17, 15) is 16.8 Å². The van der Waals surface area contributed by atoms with E-state index in [-0.39, 0.29) is 77.0 Å². The van der Waals surface area contributed by atoms with Crippen molar-refractivity contribution < 1.29 is 68.8 Å². The molecule has 69 heavy (non-hydrogen) atoms. The van der Waals surface area contributed by atoms with E-state index < -0.39 is 78.3 Å². The van der Waals surface area contributed by atoms with Gasteiger partial charge in [-0.2, -0.15) is 0 Å². The fourth-order valence-corrected chi connectivity index (χ4v) is 22.0. The molecule has 0 aliphatic rings. The topological polar surface area (TPSA) is 299 Å². The fourth-order valence-electron chi connectivity index (χ4n) is 6.22. The second kappa shape index (κ2) is 27.9. The molecule has 4 unspecified atom stereocenters. The van der Waals surface area contributed by atoms with Gasteiger partial charge in [0.2, 0.25) is 0 Å². The maximum Gasteiger partial charge on any atom is -0.412 e. The molecular formula is C46H58Ge2N2O15P2S2. The Hall–Kier alpha value is -4.31. The molecule has 0 fully saturated rings. The molecule has 0 spiro atoms. The molecule has 4 atom stereocenters. The van der Waals surface area contributed by atoms with Gasteiger partial charge >= 0.3 is 398 Å². The normalized spacial score (nSPS) is 13.3. The zero-order valence-electron chi connectivity index (χ0n) is 38.1. The molecule has 6 rings (SSSR count). The van der Waals surface area contributed by atoms with E-state index in [1.54, 1.807) is 146 Å². The van der Waals surface area contributed by atoms with Crippen LogP contribution >= 0.6 is 15.2 Å². The van der Waals surface area contributed by atoms with Gasteiger partial charge < -0.3 is 21.9 Å². The van der Waals surface area contributed by atoms with Crippen molar-refractivity contribution >= 4 is 66.8 Å². The minimum Gasteiger partial charge on any atom is -0.412 e. The number of sulfonamides is 2. The van der Waals surface area contributed by atoms with Gasteiger partial charge in [0, 0.05) is 0 Å². The summed E-state index contributed by atoms with van der Waals surface area (Å²) in [6.07, 6.45) is 0.0408. The molecule has 4 radical (unpaired) electrons. The third-order valence-corrected chi connectivity index (χ3v) is 22.7. The Balaban J connectivity index is 0.00000408. The summed E-state index contributed by atoms with van der Waals surface area (Å²) in [4.78, 5) is -0.0337. The Kier molecular flexibility index (Phi) is 24.6. The maximum absolute atomic E-state index is 15.1. The van der Waals surface area contributed by atoms with E-state index in [1.807, 2.05) is 27.7 Å². The van der Waals surface area contributed by atoms with Gasteiger partial charge in [0.05, 0.1) is 0 Å². The summed E-state index contributed by atoms with van der Waals surface area (Å²) < 4.78 is 122. The van der Waals surface area contributed by atoms with E-state index in [0.717, 1.165) is 11.1 Å². The van der Waals surface area contributed by atoms with Crippen LogP contribution in [0.5, 0.6) is 23.0 Å². The van der Waals surface area contributed by atoms with Gasteiger partial charge in [-0.3, -0.25) is 0 Å². The zero-order chi connectivity index (χ0) is 46.5. The summed E-state index contributed by atoms with van der Waals surface area (Å²) in [7, 11) is -17.3. The third-order valence-electron chi connectivity index (χ3n) is 9.59. The number of aryl methyl sites for hydroxylation is 2. The van der Waals surface area contributed by atoms with E-state index in [2.05, 4.69) is 9.44 Å². The maximum atomic E-state index is 15.1. The largest absolute Gasteiger partial charge is 0.412 e. The third kappa shape index (κ3) is 18.1. The second-order valence-corrected chi connectivity index (χ2v) is 30.6. The molecule has 6 aromatic carbocycles. The minimum atomic E-state index is -4.39. The summed E-state index contributed by atoms with van der Waals surface area (Å²) in [5, 5.41) is 0. The van der Waals surface area contributed by atoms with Crippen LogP contribution in [0.2, 0.25) is 9.50 Å². The molecule has 0 saturated carbocycles. The molecular weight excluding hydrogens is 1090 g/mol. The molecule has 10 N–H and O–H groups in total. The second-order valence-electron chi connectivity index (χ2n) is 15.2. The average molecular weight is 1150 g/mol. The van der Waals surface area contributed by atoms with Crippen LogP contribution in [0.3, 0.4) is 0 Å². The van der Waals surface area contributed by atoms with Crippen molar-refractivity contribution in [1.82, 2.24) is 9.44 Å². The Bertz CT molecular complexity index is 2480. The SMILES string of the molecule is Cc1ccc(S(=O)(=O)NC(C[CH](C)[Ge][O][Ge][CH](C)CC(NS(=O)(=O)c2ccc(C)cc2)P(=O)(Oc2ccccc2)Oc2ccccc2)P(=O)(Oc2ccccc2)Oc2ccccc2)cc1.O.O.O.O. The van der Waals surface area contributed by atoms with Crippen molar-refractivity contribution in [2.24, 2.45) is 0 Å². The first-order chi connectivity index (χ1) is 31.0. The van der Waals surface area contributed by atoms with Crippen LogP contribution in [0.1, 0.15) is 37.8 Å². The average Bonchev–Trinajstić information content (AvgIpc) is 3.27. The number of hydrogen-bond donors (Lipinski definition) is 2. The number of hydrogen-bond acceptors (Lipinski definition) is 11. The first-order valence-electron chi connectivity index (χ1n) is 20.5. The van der Waals surface area contributed by atoms with Gasteiger partial charge in [0.1, 0.15) is 0 Å². The first kappa shape index (κ1) is 60.8. The first-order valence-corrected chi connectivity index (χ1v) is 30.9. The fraction of sp³-hybridized carbons (Fsp3) is 0.217. The minimum absolute atomic E-state index is 0. The monoisotopic (exact) mass is 1150 g/mol. The van der Waals surface area contributed by atoms with Gasteiger partial charge in [-0.15, -0.1) is 0 Å². The molecule has 0 aliphatic heterocycles. The van der Waals surface area contributed by atoms with Crippen LogP contribution in [-0.4, -0.2) is 81.8 Å². The van der Waals surface area contributed by atoms with Crippen molar-refractivity contribution in [1.29, 1.82) is 0 Å². The molecule has 372 valence electrons. The van der Waals surface area contributed by atoms with Gasteiger partial charge in [-0.25, -0.2) is 0 Å². The van der Waals surface area contributed by atoms with Crippen LogP contribution in [0, 0.1) is 13.8 Å². The molecule has 0 amide bonds. The Labute approximate surface area is 417 Å². The van der Waals surface area contributed by atoms with Gasteiger partial charge in [0.15, 0.2) is 0 Å². The van der Waals surface area contributed by atoms with Crippen molar-refractivity contribution in [2.75, 3.05) is 0 Å². The quantitative estimate of drug-likeness (QED) is 0.0449. The Morgan fingerprint density at radius 3 is 0.928 bits per heavy atom. The Morgan fingerprint density at radius 1 is 0.435 bits per heavy atom. The van der Waals surface area contributed by atoms with Crippen LogP contribution in [0.15, 0.2) is 180 Å². The number of para-hydroxylation sites is 4. The van der Waals surface area contributed by atoms with Crippen LogP contribution < -0.4 is 27.5 Å². The zero-order valence-corrected chi connectivity index (χ0v) is 45.7. The number of benzene rings is 6. The Morgan fingerprint density at radius 2 is 0.681 bits per heavy atom. The smallest absolute Gasteiger partial charge is 0.412 e. The van der Waals surface area contributed by atoms with Crippen LogP contribution in [-0.2, 0) is 32.0 Å². The number of nitrogens with one attached hydrogen (secondary N) is 2. The predicted octanol–water partition coefficient (Wildman–Crippen LogP) is 7.27. The molecule has 6 aromatic rings. The summed E-state index contributed by atoms with van der Waals surface area (Å²) in [6.45, 7) is 7.45. The summed E-state index contributed by atoms with van der Waals surface area (Å²) in [5.74, 6) is -1.81. The van der Waals surface area contributed by atoms with Crippen LogP contribution in [0.4, 0.5) is 0 Å². The summed E-state index contributed by atoms with van der Waals surface area (Å²) >= 11 is -2.67. The van der Waals surface area contributed by atoms with Crippen molar-refractivity contribution in [3.63, 3.8) is 0 Å². The van der Waals surface area contributed by atoms with E-state index >= 15 is 9.13 Å². The van der Waals surface area contributed by atoms with E-state index in [0.29, 0.717) is 0 Å². The van der Waals surface area contributed by atoms with Crippen molar-refractivity contribution in [3.8, 4) is 23.0 Å². The summed E-state index contributed by atoms with van der Waals surface area (Å²) in [6, 6.07) is 46.3. The molecule has 0 saturated heterocycles. The molecule has 0 aliphatic carbocycles. The van der Waals surface area contributed by atoms with Gasteiger partial charge in [-0.1, -0.05) is 0 Å². The van der Waals surface area contributed by atoms with Gasteiger partial charge in [0.25, 0.3) is 0 Å². The molecule has 17 nitrogen and oxygen atoms in total. The molecule has 0 heterocycles. The predicted molar refractivity (Wildman–Crippen MR) is 269 cm³/mol. The summed E-state index contributed by atoms with van der Waals surface area (Å²) in [5.41, 5.74) is 1.73. The molecule has 0 aromatic heterocycles.